The molecule has 2 aromatic rings. The Morgan fingerprint density at radius 2 is 1.71 bits per heavy atom. The van der Waals surface area contributed by atoms with Gasteiger partial charge in [0.05, 0.1) is 13.5 Å². The molecule has 2 aliphatic heterocycles. The van der Waals surface area contributed by atoms with E-state index in [2.05, 4.69) is 10.2 Å². The number of carbonyl (C=O) groups is 2. The van der Waals surface area contributed by atoms with Crippen molar-refractivity contribution >= 4 is 11.8 Å². The third kappa shape index (κ3) is 5.44. The summed E-state index contributed by atoms with van der Waals surface area (Å²) in [5, 5.41) is 2.95. The zero-order valence-electron chi connectivity index (χ0n) is 18.2. The van der Waals surface area contributed by atoms with Crippen LogP contribution in [0.4, 0.5) is 0 Å². The average Bonchev–Trinajstić information content (AvgIpc) is 2.83. The van der Waals surface area contributed by atoms with Gasteiger partial charge in [0.15, 0.2) is 0 Å². The highest BCUT2D eigenvalue weighted by Crippen LogP contribution is 2.22. The molecule has 2 aromatic carbocycles. The Labute approximate surface area is 184 Å². The topological polar surface area (TPSA) is 61.9 Å². The van der Waals surface area contributed by atoms with Gasteiger partial charge in [-0.25, -0.2) is 0 Å². The maximum absolute atomic E-state index is 12.9. The number of fused-ring (bicyclic) bond motifs is 1. The van der Waals surface area contributed by atoms with Gasteiger partial charge >= 0.3 is 0 Å². The highest BCUT2D eigenvalue weighted by molar-refractivity contribution is 5.94. The lowest BCUT2D eigenvalue weighted by Gasteiger charge is -2.44. The summed E-state index contributed by atoms with van der Waals surface area (Å²) in [7, 11) is 1.62. The number of piperidine rings is 1. The molecule has 6 heteroatoms. The quantitative estimate of drug-likeness (QED) is 0.779. The summed E-state index contributed by atoms with van der Waals surface area (Å²) < 4.78 is 5.14. The third-order valence-electron chi connectivity index (χ3n) is 6.34. The van der Waals surface area contributed by atoms with Crippen LogP contribution in [0.1, 0.15) is 40.7 Å². The molecule has 2 heterocycles. The van der Waals surface area contributed by atoms with E-state index in [1.807, 2.05) is 53.4 Å². The first-order chi connectivity index (χ1) is 15.1. The van der Waals surface area contributed by atoms with Gasteiger partial charge in [0.2, 0.25) is 5.91 Å². The second kappa shape index (κ2) is 9.96. The average molecular weight is 422 g/mol. The Kier molecular flexibility index (Phi) is 6.87. The van der Waals surface area contributed by atoms with Crippen LogP contribution in [0.2, 0.25) is 0 Å². The summed E-state index contributed by atoms with van der Waals surface area (Å²) in [6, 6.07) is 15.6. The molecule has 2 aliphatic rings. The number of piperazine rings is 1. The molecule has 0 aromatic heterocycles. The van der Waals surface area contributed by atoms with Crippen molar-refractivity contribution in [3.8, 4) is 5.75 Å². The standard InChI is InChI=1S/C25H31N3O3/c1-31-23-11-7-19(8-12-23)16-24(29)26-17-20-5-9-21(10-6-20)25(30)28-15-14-27-13-3-2-4-22(27)18-28/h5-12,22H,2-4,13-18H2,1H3,(H,26,29). The molecule has 2 saturated heterocycles. The van der Waals surface area contributed by atoms with E-state index in [1.165, 1.54) is 25.8 Å². The number of hydrogen-bond acceptors (Lipinski definition) is 4. The fraction of sp³-hybridized carbons (Fsp3) is 0.440. The Hall–Kier alpha value is -2.86. The molecule has 1 N–H and O–H groups in total. The Morgan fingerprint density at radius 3 is 2.45 bits per heavy atom. The van der Waals surface area contributed by atoms with E-state index >= 15 is 0 Å². The van der Waals surface area contributed by atoms with Crippen molar-refractivity contribution in [3.63, 3.8) is 0 Å². The van der Waals surface area contributed by atoms with Crippen molar-refractivity contribution in [2.45, 2.75) is 38.3 Å². The molecule has 0 bridgehead atoms. The van der Waals surface area contributed by atoms with Crippen molar-refractivity contribution in [2.75, 3.05) is 33.3 Å². The van der Waals surface area contributed by atoms with Crippen LogP contribution < -0.4 is 10.1 Å². The third-order valence-corrected chi connectivity index (χ3v) is 6.34. The van der Waals surface area contributed by atoms with Crippen LogP contribution in [0, 0.1) is 0 Å². The Morgan fingerprint density at radius 1 is 0.968 bits per heavy atom. The van der Waals surface area contributed by atoms with E-state index in [1.54, 1.807) is 7.11 Å². The van der Waals surface area contributed by atoms with E-state index in [9.17, 15) is 9.59 Å². The summed E-state index contributed by atoms with van der Waals surface area (Å²) in [5.41, 5.74) is 2.65. The Balaban J connectivity index is 1.26. The molecule has 6 nitrogen and oxygen atoms in total. The van der Waals surface area contributed by atoms with Gasteiger partial charge in [-0.05, 0) is 54.8 Å². The van der Waals surface area contributed by atoms with Crippen molar-refractivity contribution < 1.29 is 14.3 Å². The van der Waals surface area contributed by atoms with E-state index in [4.69, 9.17) is 4.74 Å². The zero-order chi connectivity index (χ0) is 21.6. The number of rotatable bonds is 6. The minimum atomic E-state index is -0.0318. The number of benzene rings is 2. The van der Waals surface area contributed by atoms with Crippen molar-refractivity contribution in [1.82, 2.24) is 15.1 Å². The fourth-order valence-electron chi connectivity index (χ4n) is 4.48. The van der Waals surface area contributed by atoms with Crippen LogP contribution in [-0.2, 0) is 17.8 Å². The molecule has 2 fully saturated rings. The lowest BCUT2D eigenvalue weighted by atomic mass is 9.99. The fourth-order valence-corrected chi connectivity index (χ4v) is 4.48. The molecule has 4 rings (SSSR count). The molecule has 0 spiro atoms. The number of ether oxygens (including phenoxy) is 1. The molecular formula is C25H31N3O3. The highest BCUT2D eigenvalue weighted by atomic mass is 16.5. The molecule has 164 valence electrons. The predicted octanol–water partition coefficient (Wildman–Crippen LogP) is 2.86. The Bertz CT molecular complexity index is 895. The van der Waals surface area contributed by atoms with E-state index < -0.39 is 0 Å². The van der Waals surface area contributed by atoms with Gasteiger partial charge in [0.25, 0.3) is 5.91 Å². The molecule has 1 unspecified atom stereocenters. The van der Waals surface area contributed by atoms with Gasteiger partial charge in [-0.1, -0.05) is 30.7 Å². The molecule has 2 amide bonds. The first-order valence-corrected chi connectivity index (χ1v) is 11.1. The number of amides is 2. The van der Waals surface area contributed by atoms with E-state index in [0.717, 1.165) is 42.1 Å². The molecular weight excluding hydrogens is 390 g/mol. The van der Waals surface area contributed by atoms with Crippen molar-refractivity contribution in [1.29, 1.82) is 0 Å². The van der Waals surface area contributed by atoms with Crippen molar-refractivity contribution in [2.24, 2.45) is 0 Å². The number of methoxy groups -OCH3 is 1. The maximum atomic E-state index is 12.9. The van der Waals surface area contributed by atoms with Gasteiger partial charge in [0.1, 0.15) is 5.75 Å². The normalized spacial score (nSPS) is 18.9. The highest BCUT2D eigenvalue weighted by Gasteiger charge is 2.31. The van der Waals surface area contributed by atoms with E-state index in [0.29, 0.717) is 19.0 Å². The summed E-state index contributed by atoms with van der Waals surface area (Å²) in [5.74, 6) is 0.857. The van der Waals surface area contributed by atoms with Gasteiger partial charge in [0, 0.05) is 37.8 Å². The maximum Gasteiger partial charge on any atom is 0.253 e. The number of hydrogen-bond donors (Lipinski definition) is 1. The smallest absolute Gasteiger partial charge is 0.253 e. The molecule has 31 heavy (non-hydrogen) atoms. The lowest BCUT2D eigenvalue weighted by molar-refractivity contribution is -0.120. The molecule has 0 aliphatic carbocycles. The number of carbonyl (C=O) groups excluding carboxylic acids is 2. The molecule has 0 radical (unpaired) electrons. The van der Waals surface area contributed by atoms with Crippen LogP contribution in [0.3, 0.4) is 0 Å². The van der Waals surface area contributed by atoms with Gasteiger partial charge in [-0.15, -0.1) is 0 Å². The zero-order valence-corrected chi connectivity index (χ0v) is 18.2. The summed E-state index contributed by atoms with van der Waals surface area (Å²) >= 11 is 0. The molecule has 1 atom stereocenters. The first-order valence-electron chi connectivity index (χ1n) is 11.1. The van der Waals surface area contributed by atoms with Crippen LogP contribution in [0.5, 0.6) is 5.75 Å². The minimum Gasteiger partial charge on any atom is -0.497 e. The monoisotopic (exact) mass is 421 g/mol. The van der Waals surface area contributed by atoms with Crippen molar-refractivity contribution in [3.05, 3.63) is 65.2 Å². The number of nitrogens with zero attached hydrogens (tertiary/aromatic N) is 2. The SMILES string of the molecule is COc1ccc(CC(=O)NCc2ccc(C(=O)N3CCN4CCCCC4C3)cc2)cc1. The van der Waals surface area contributed by atoms with Crippen LogP contribution >= 0.6 is 0 Å². The second-order valence-electron chi connectivity index (χ2n) is 8.44. The number of nitrogens with one attached hydrogen (secondary N) is 1. The molecule has 0 saturated carbocycles. The lowest BCUT2D eigenvalue weighted by Crippen LogP contribution is -2.56. The second-order valence-corrected chi connectivity index (χ2v) is 8.44. The summed E-state index contributed by atoms with van der Waals surface area (Å²) in [6.07, 6.45) is 4.07. The van der Waals surface area contributed by atoms with E-state index in [-0.39, 0.29) is 11.8 Å². The van der Waals surface area contributed by atoms with Crippen LogP contribution in [0.15, 0.2) is 48.5 Å². The predicted molar refractivity (Wildman–Crippen MR) is 120 cm³/mol. The van der Waals surface area contributed by atoms with Crippen LogP contribution in [-0.4, -0.2) is 60.9 Å². The summed E-state index contributed by atoms with van der Waals surface area (Å²) in [4.78, 5) is 29.7. The summed E-state index contributed by atoms with van der Waals surface area (Å²) in [6.45, 7) is 4.24. The first kappa shape index (κ1) is 21.4. The largest absolute Gasteiger partial charge is 0.497 e. The van der Waals surface area contributed by atoms with Gasteiger partial charge < -0.3 is 15.0 Å². The van der Waals surface area contributed by atoms with Gasteiger partial charge in [-0.3, -0.25) is 14.5 Å². The minimum absolute atomic E-state index is 0.0318. The van der Waals surface area contributed by atoms with Crippen LogP contribution in [0.25, 0.3) is 0 Å². The van der Waals surface area contributed by atoms with Gasteiger partial charge in [-0.2, -0.15) is 0 Å².